The minimum Gasteiger partial charge on any atom is -0.378 e. The number of fused-ring (bicyclic) bond motifs is 1. The quantitative estimate of drug-likeness (QED) is 0.508. The smallest absolute Gasteiger partial charge is 0.251 e. The third kappa shape index (κ3) is 6.20. The van der Waals surface area contributed by atoms with Gasteiger partial charge in [-0.3, -0.25) is 9.78 Å². The first kappa shape index (κ1) is 24.7. The molecule has 0 unspecified atom stereocenters. The van der Waals surface area contributed by atoms with Crippen molar-refractivity contribution in [1.29, 1.82) is 0 Å². The maximum absolute atomic E-state index is 13.8. The number of likely N-dealkylation sites (N-methyl/N-ethyl adjacent to an activating group) is 1. The number of nitrogens with one attached hydrogen (secondary N) is 2. The zero-order chi connectivity index (χ0) is 24.9. The Morgan fingerprint density at radius 2 is 1.86 bits per heavy atom. The van der Waals surface area contributed by atoms with Crippen molar-refractivity contribution in [2.45, 2.75) is 13.0 Å². The molecule has 1 aliphatic heterocycles. The topological polar surface area (TPSA) is 82.6 Å². The van der Waals surface area contributed by atoms with Gasteiger partial charge in [0.1, 0.15) is 17.5 Å². The van der Waals surface area contributed by atoms with Crippen LogP contribution < -0.4 is 15.5 Å². The number of nitrogens with zero attached hydrogens (tertiary/aromatic N) is 4. The number of halogens is 2. The zero-order valence-electron chi connectivity index (χ0n) is 20.1. The number of ether oxygens (including phenoxy) is 1. The highest BCUT2D eigenvalue weighted by molar-refractivity contribution is 5.98. The highest BCUT2D eigenvalue weighted by Crippen LogP contribution is 2.29. The highest BCUT2D eigenvalue weighted by Gasteiger charge is 2.20. The largest absolute Gasteiger partial charge is 0.378 e. The SMILES string of the molecule is C[C@@H](Nc1cc(F)cc(F)c1)c1cc(C(=O)NCCN(C)C)cc2ncc(N3CCOCC3)nc12. The third-order valence-electron chi connectivity index (χ3n) is 5.82. The van der Waals surface area contributed by atoms with Crippen molar-refractivity contribution in [2.24, 2.45) is 0 Å². The van der Waals surface area contributed by atoms with E-state index >= 15 is 0 Å². The van der Waals surface area contributed by atoms with Gasteiger partial charge in [-0.15, -0.1) is 0 Å². The third-order valence-corrected chi connectivity index (χ3v) is 5.82. The Bertz CT molecular complexity index is 1180. The average Bonchev–Trinajstić information content (AvgIpc) is 2.82. The Hall–Kier alpha value is -3.37. The summed E-state index contributed by atoms with van der Waals surface area (Å²) in [4.78, 5) is 26.4. The number of hydrogen-bond donors (Lipinski definition) is 2. The van der Waals surface area contributed by atoms with Crippen molar-refractivity contribution >= 4 is 28.4 Å². The molecule has 10 heteroatoms. The lowest BCUT2D eigenvalue weighted by molar-refractivity contribution is 0.0951. The predicted octanol–water partition coefficient (Wildman–Crippen LogP) is 3.21. The van der Waals surface area contributed by atoms with Crippen LogP contribution in [0.4, 0.5) is 20.3 Å². The molecule has 186 valence electrons. The molecule has 0 spiro atoms. The van der Waals surface area contributed by atoms with Crippen LogP contribution in [-0.2, 0) is 4.74 Å². The lowest BCUT2D eigenvalue weighted by Gasteiger charge is -2.28. The second kappa shape index (κ2) is 10.9. The fourth-order valence-electron chi connectivity index (χ4n) is 4.00. The van der Waals surface area contributed by atoms with Crippen LogP contribution in [0.5, 0.6) is 0 Å². The van der Waals surface area contributed by atoms with E-state index in [0.29, 0.717) is 73.1 Å². The van der Waals surface area contributed by atoms with Gasteiger partial charge in [-0.2, -0.15) is 0 Å². The Labute approximate surface area is 203 Å². The van der Waals surface area contributed by atoms with Crippen molar-refractivity contribution in [3.63, 3.8) is 0 Å². The maximum Gasteiger partial charge on any atom is 0.251 e. The van der Waals surface area contributed by atoms with E-state index in [0.717, 1.165) is 6.07 Å². The summed E-state index contributed by atoms with van der Waals surface area (Å²) in [6, 6.07) is 6.34. The molecule has 3 aromatic rings. The summed E-state index contributed by atoms with van der Waals surface area (Å²) in [6.07, 6.45) is 1.70. The molecule has 1 fully saturated rings. The van der Waals surface area contributed by atoms with Gasteiger partial charge in [0.25, 0.3) is 5.91 Å². The summed E-state index contributed by atoms with van der Waals surface area (Å²) < 4.78 is 33.0. The van der Waals surface area contributed by atoms with E-state index < -0.39 is 17.7 Å². The molecule has 4 rings (SSSR count). The molecule has 1 aliphatic rings. The van der Waals surface area contributed by atoms with Gasteiger partial charge < -0.3 is 25.2 Å². The number of aromatic nitrogens is 2. The van der Waals surface area contributed by atoms with Crippen molar-refractivity contribution in [1.82, 2.24) is 20.2 Å². The molecule has 0 aliphatic carbocycles. The number of benzene rings is 2. The molecular weight excluding hydrogens is 454 g/mol. The molecule has 1 aromatic heterocycles. The molecule has 0 radical (unpaired) electrons. The monoisotopic (exact) mass is 484 g/mol. The summed E-state index contributed by atoms with van der Waals surface area (Å²) in [5, 5.41) is 6.05. The standard InChI is InChI=1S/C25H30F2N6O2/c1-16(30-20-13-18(26)12-19(27)14-20)21-10-17(25(34)28-4-5-32(2)3)11-22-24(21)31-23(15-29-22)33-6-8-35-9-7-33/h10-16,30H,4-9H2,1-3H3,(H,28,34)/t16-/m1/s1. The van der Waals surface area contributed by atoms with E-state index in [2.05, 4.69) is 20.5 Å². The van der Waals surface area contributed by atoms with Crippen molar-refractivity contribution in [2.75, 3.05) is 63.7 Å². The Morgan fingerprint density at radius 3 is 2.54 bits per heavy atom. The van der Waals surface area contributed by atoms with E-state index in [-0.39, 0.29) is 5.91 Å². The first-order chi connectivity index (χ1) is 16.8. The molecule has 8 nitrogen and oxygen atoms in total. The number of rotatable bonds is 8. The van der Waals surface area contributed by atoms with E-state index in [4.69, 9.17) is 9.72 Å². The Balaban J connectivity index is 1.71. The van der Waals surface area contributed by atoms with Gasteiger partial charge in [-0.1, -0.05) is 0 Å². The van der Waals surface area contributed by atoms with Crippen LogP contribution in [-0.4, -0.2) is 74.3 Å². The summed E-state index contributed by atoms with van der Waals surface area (Å²) in [7, 11) is 3.87. The van der Waals surface area contributed by atoms with Crippen LogP contribution in [0.2, 0.25) is 0 Å². The first-order valence-electron chi connectivity index (χ1n) is 11.6. The summed E-state index contributed by atoms with van der Waals surface area (Å²) in [5.41, 5.74) is 2.62. The normalized spacial score (nSPS) is 14.9. The second-order valence-corrected chi connectivity index (χ2v) is 8.84. The lowest BCUT2D eigenvalue weighted by Crippen LogP contribution is -2.36. The number of carbonyl (C=O) groups excluding carboxylic acids is 1. The Morgan fingerprint density at radius 1 is 1.14 bits per heavy atom. The Kier molecular flexibility index (Phi) is 7.72. The fraction of sp³-hybridized carbons (Fsp3) is 0.400. The van der Waals surface area contributed by atoms with Gasteiger partial charge in [0.05, 0.1) is 36.5 Å². The van der Waals surface area contributed by atoms with Crippen molar-refractivity contribution in [3.8, 4) is 0 Å². The maximum atomic E-state index is 13.8. The van der Waals surface area contributed by atoms with Gasteiger partial charge in [0, 0.05) is 49.1 Å². The number of hydrogen-bond acceptors (Lipinski definition) is 7. The zero-order valence-corrected chi connectivity index (χ0v) is 20.1. The van der Waals surface area contributed by atoms with Crippen LogP contribution in [0, 0.1) is 11.6 Å². The summed E-state index contributed by atoms with van der Waals surface area (Å²) in [5.74, 6) is -0.853. The molecule has 0 saturated carbocycles. The fourth-order valence-corrected chi connectivity index (χ4v) is 4.00. The number of anilines is 2. The molecule has 35 heavy (non-hydrogen) atoms. The van der Waals surface area contributed by atoms with Gasteiger partial charge in [-0.25, -0.2) is 13.8 Å². The van der Waals surface area contributed by atoms with E-state index in [1.54, 1.807) is 18.3 Å². The van der Waals surface area contributed by atoms with E-state index in [9.17, 15) is 13.6 Å². The van der Waals surface area contributed by atoms with Crippen LogP contribution in [0.15, 0.2) is 36.5 Å². The van der Waals surface area contributed by atoms with Crippen LogP contribution in [0.3, 0.4) is 0 Å². The van der Waals surface area contributed by atoms with Gasteiger partial charge in [0.2, 0.25) is 0 Å². The minimum atomic E-state index is -0.673. The highest BCUT2D eigenvalue weighted by atomic mass is 19.1. The van der Waals surface area contributed by atoms with Crippen LogP contribution in [0.1, 0.15) is 28.9 Å². The summed E-state index contributed by atoms with van der Waals surface area (Å²) >= 11 is 0. The number of carbonyl (C=O) groups is 1. The van der Waals surface area contributed by atoms with Crippen LogP contribution in [0.25, 0.3) is 11.0 Å². The first-order valence-corrected chi connectivity index (χ1v) is 11.6. The minimum absolute atomic E-state index is 0.224. The number of morpholine rings is 1. The van der Waals surface area contributed by atoms with Crippen molar-refractivity contribution in [3.05, 3.63) is 59.3 Å². The number of amides is 1. The molecule has 1 saturated heterocycles. The van der Waals surface area contributed by atoms with Gasteiger partial charge in [-0.05, 0) is 45.3 Å². The molecule has 2 N–H and O–H groups in total. The van der Waals surface area contributed by atoms with Crippen molar-refractivity contribution < 1.29 is 18.3 Å². The summed E-state index contributed by atoms with van der Waals surface area (Å²) in [6.45, 7) is 5.70. The van der Waals surface area contributed by atoms with E-state index in [1.165, 1.54) is 12.1 Å². The van der Waals surface area contributed by atoms with Crippen LogP contribution >= 0.6 is 0 Å². The molecule has 1 amide bonds. The average molecular weight is 485 g/mol. The van der Waals surface area contributed by atoms with Gasteiger partial charge in [0.15, 0.2) is 0 Å². The molecular formula is C25H30F2N6O2. The lowest BCUT2D eigenvalue weighted by atomic mass is 10.0. The molecule has 2 aromatic carbocycles. The molecule has 1 atom stereocenters. The predicted molar refractivity (Wildman–Crippen MR) is 132 cm³/mol. The van der Waals surface area contributed by atoms with Gasteiger partial charge >= 0.3 is 0 Å². The second-order valence-electron chi connectivity index (χ2n) is 8.84. The van der Waals surface area contributed by atoms with E-state index in [1.807, 2.05) is 25.9 Å². The molecule has 0 bridgehead atoms. The molecule has 2 heterocycles.